The highest BCUT2D eigenvalue weighted by atomic mass is 16.6. The van der Waals surface area contributed by atoms with Crippen LogP contribution in [0.4, 0.5) is 0 Å². The summed E-state index contributed by atoms with van der Waals surface area (Å²) >= 11 is 0. The van der Waals surface area contributed by atoms with Crippen LogP contribution in [-0.2, 0) is 9.47 Å². The van der Waals surface area contributed by atoms with Gasteiger partial charge in [0.05, 0.1) is 18.3 Å². The second kappa shape index (κ2) is 5.48. The molecule has 0 aromatic rings. The average molecular weight is 227 g/mol. The molecule has 16 heavy (non-hydrogen) atoms. The lowest BCUT2D eigenvalue weighted by Crippen LogP contribution is -2.59. The first kappa shape index (κ1) is 12.3. The van der Waals surface area contributed by atoms with Gasteiger partial charge in [-0.15, -0.1) is 0 Å². The van der Waals surface area contributed by atoms with Gasteiger partial charge in [0, 0.05) is 12.6 Å². The molecule has 0 aromatic carbocycles. The van der Waals surface area contributed by atoms with E-state index in [4.69, 9.17) is 15.2 Å². The second-order valence-electron chi connectivity index (χ2n) is 5.29. The van der Waals surface area contributed by atoms with E-state index in [2.05, 4.69) is 6.92 Å². The minimum atomic E-state index is 0.138. The van der Waals surface area contributed by atoms with Crippen LogP contribution in [0.1, 0.15) is 46.0 Å². The molecule has 3 heteroatoms. The minimum absolute atomic E-state index is 0.138. The average Bonchev–Trinajstić information content (AvgIpc) is 2.28. The molecule has 0 radical (unpaired) electrons. The van der Waals surface area contributed by atoms with Crippen LogP contribution in [0.5, 0.6) is 0 Å². The summed E-state index contributed by atoms with van der Waals surface area (Å²) in [5.74, 6) is 0.702. The lowest BCUT2D eigenvalue weighted by molar-refractivity contribution is -0.173. The van der Waals surface area contributed by atoms with Crippen molar-refractivity contribution in [1.82, 2.24) is 0 Å². The van der Waals surface area contributed by atoms with Gasteiger partial charge in [-0.05, 0) is 32.1 Å². The van der Waals surface area contributed by atoms with Crippen LogP contribution < -0.4 is 5.73 Å². The number of rotatable bonds is 4. The maximum Gasteiger partial charge on any atom is 0.0988 e. The molecule has 2 fully saturated rings. The molecular weight excluding hydrogens is 202 g/mol. The SMILES string of the molecule is CCOC1C(N)CC1OC1CCCCC1C. The van der Waals surface area contributed by atoms with E-state index in [0.717, 1.165) is 13.0 Å². The highest BCUT2D eigenvalue weighted by Crippen LogP contribution is 2.33. The van der Waals surface area contributed by atoms with E-state index >= 15 is 0 Å². The fourth-order valence-electron chi connectivity index (χ4n) is 2.88. The number of hydrogen-bond acceptors (Lipinski definition) is 3. The fraction of sp³-hybridized carbons (Fsp3) is 1.00. The normalized spacial score (nSPS) is 44.1. The highest BCUT2D eigenvalue weighted by Gasteiger charge is 2.42. The Morgan fingerprint density at radius 2 is 1.94 bits per heavy atom. The molecule has 0 spiro atoms. The van der Waals surface area contributed by atoms with E-state index in [-0.39, 0.29) is 18.2 Å². The Morgan fingerprint density at radius 1 is 1.19 bits per heavy atom. The van der Waals surface area contributed by atoms with Crippen LogP contribution in [0.2, 0.25) is 0 Å². The molecule has 0 amide bonds. The molecule has 5 unspecified atom stereocenters. The van der Waals surface area contributed by atoms with Crippen molar-refractivity contribution < 1.29 is 9.47 Å². The maximum absolute atomic E-state index is 6.17. The smallest absolute Gasteiger partial charge is 0.0988 e. The molecule has 0 heterocycles. The van der Waals surface area contributed by atoms with Gasteiger partial charge in [-0.2, -0.15) is 0 Å². The Kier molecular flexibility index (Phi) is 4.22. The molecule has 5 atom stereocenters. The summed E-state index contributed by atoms with van der Waals surface area (Å²) in [6.45, 7) is 5.06. The van der Waals surface area contributed by atoms with Crippen LogP contribution >= 0.6 is 0 Å². The molecule has 2 saturated carbocycles. The van der Waals surface area contributed by atoms with E-state index in [0.29, 0.717) is 12.0 Å². The molecular formula is C13H25NO2. The molecule has 2 aliphatic rings. The van der Waals surface area contributed by atoms with Crippen LogP contribution in [0, 0.1) is 5.92 Å². The zero-order chi connectivity index (χ0) is 11.5. The van der Waals surface area contributed by atoms with E-state index < -0.39 is 0 Å². The summed E-state index contributed by atoms with van der Waals surface area (Å²) in [6, 6.07) is 0.184. The molecule has 3 nitrogen and oxygen atoms in total. The van der Waals surface area contributed by atoms with E-state index in [1.807, 2.05) is 6.92 Å². The van der Waals surface area contributed by atoms with Crippen molar-refractivity contribution >= 4 is 0 Å². The van der Waals surface area contributed by atoms with Gasteiger partial charge in [-0.1, -0.05) is 19.8 Å². The lowest BCUT2D eigenvalue weighted by Gasteiger charge is -2.45. The Balaban J connectivity index is 1.80. The van der Waals surface area contributed by atoms with Gasteiger partial charge >= 0.3 is 0 Å². The first-order valence-corrected chi connectivity index (χ1v) is 6.75. The van der Waals surface area contributed by atoms with Gasteiger partial charge in [0.2, 0.25) is 0 Å². The summed E-state index contributed by atoms with van der Waals surface area (Å²) in [4.78, 5) is 0. The van der Waals surface area contributed by atoms with Crippen molar-refractivity contribution in [2.24, 2.45) is 11.7 Å². The van der Waals surface area contributed by atoms with Crippen LogP contribution in [0.25, 0.3) is 0 Å². The summed E-state index contributed by atoms with van der Waals surface area (Å²) in [7, 11) is 0. The van der Waals surface area contributed by atoms with Gasteiger partial charge in [0.15, 0.2) is 0 Å². The predicted octanol–water partition coefficient (Wildman–Crippen LogP) is 2.09. The van der Waals surface area contributed by atoms with Crippen molar-refractivity contribution in [3.8, 4) is 0 Å². The Morgan fingerprint density at radius 3 is 2.56 bits per heavy atom. The van der Waals surface area contributed by atoms with Gasteiger partial charge < -0.3 is 15.2 Å². The fourth-order valence-corrected chi connectivity index (χ4v) is 2.88. The van der Waals surface area contributed by atoms with Crippen molar-refractivity contribution in [3.05, 3.63) is 0 Å². The van der Waals surface area contributed by atoms with E-state index in [1.54, 1.807) is 0 Å². The summed E-state index contributed by atoms with van der Waals surface area (Å²) in [5, 5.41) is 0. The third-order valence-corrected chi connectivity index (χ3v) is 4.03. The molecule has 2 aliphatic carbocycles. The summed E-state index contributed by atoms with van der Waals surface area (Å²) < 4.78 is 11.8. The Hall–Kier alpha value is -0.120. The first-order chi connectivity index (χ1) is 7.72. The largest absolute Gasteiger partial charge is 0.374 e. The van der Waals surface area contributed by atoms with E-state index in [1.165, 1.54) is 25.7 Å². The van der Waals surface area contributed by atoms with Crippen LogP contribution in [0.15, 0.2) is 0 Å². The molecule has 2 N–H and O–H groups in total. The molecule has 0 bridgehead atoms. The topological polar surface area (TPSA) is 44.5 Å². The Labute approximate surface area is 98.7 Å². The molecule has 2 rings (SSSR count). The van der Waals surface area contributed by atoms with Gasteiger partial charge in [-0.25, -0.2) is 0 Å². The molecule has 0 saturated heterocycles. The maximum atomic E-state index is 6.17. The third-order valence-electron chi connectivity index (χ3n) is 4.03. The third kappa shape index (κ3) is 2.58. The minimum Gasteiger partial charge on any atom is -0.374 e. The number of nitrogens with two attached hydrogens (primary N) is 1. The first-order valence-electron chi connectivity index (χ1n) is 6.75. The molecule has 94 valence electrons. The lowest BCUT2D eigenvalue weighted by atomic mass is 9.83. The predicted molar refractivity (Wildman–Crippen MR) is 64.3 cm³/mol. The van der Waals surface area contributed by atoms with Crippen molar-refractivity contribution in [3.63, 3.8) is 0 Å². The van der Waals surface area contributed by atoms with Crippen molar-refractivity contribution in [1.29, 1.82) is 0 Å². The van der Waals surface area contributed by atoms with Gasteiger partial charge in [-0.3, -0.25) is 0 Å². The standard InChI is InChI=1S/C13H25NO2/c1-3-15-13-10(14)8-12(13)16-11-7-5-4-6-9(11)2/h9-13H,3-8,14H2,1-2H3. The number of hydrogen-bond donors (Lipinski definition) is 1. The number of ether oxygens (including phenoxy) is 2. The summed E-state index contributed by atoms with van der Waals surface area (Å²) in [6.07, 6.45) is 6.99. The second-order valence-corrected chi connectivity index (χ2v) is 5.29. The van der Waals surface area contributed by atoms with Gasteiger partial charge in [0.25, 0.3) is 0 Å². The van der Waals surface area contributed by atoms with Gasteiger partial charge in [0.1, 0.15) is 0 Å². The summed E-state index contributed by atoms with van der Waals surface area (Å²) in [5.41, 5.74) is 5.93. The zero-order valence-corrected chi connectivity index (χ0v) is 10.5. The van der Waals surface area contributed by atoms with Crippen molar-refractivity contribution in [2.75, 3.05) is 6.61 Å². The molecule has 0 aliphatic heterocycles. The monoisotopic (exact) mass is 227 g/mol. The Bertz CT molecular complexity index is 222. The zero-order valence-electron chi connectivity index (χ0n) is 10.5. The molecule has 0 aromatic heterocycles. The highest BCUT2D eigenvalue weighted by molar-refractivity contribution is 4.96. The van der Waals surface area contributed by atoms with Crippen LogP contribution in [0.3, 0.4) is 0 Å². The van der Waals surface area contributed by atoms with Crippen LogP contribution in [-0.4, -0.2) is 31.0 Å². The van der Waals surface area contributed by atoms with E-state index in [9.17, 15) is 0 Å². The quantitative estimate of drug-likeness (QED) is 0.800. The van der Waals surface area contributed by atoms with Crippen molar-refractivity contribution in [2.45, 2.75) is 70.3 Å².